The van der Waals surface area contributed by atoms with Crippen molar-refractivity contribution in [3.63, 3.8) is 0 Å². The Morgan fingerprint density at radius 3 is 2.42 bits per heavy atom. The second kappa shape index (κ2) is 4.27. The van der Waals surface area contributed by atoms with Gasteiger partial charge in [-0.05, 0) is 29.3 Å². The smallest absolute Gasteiger partial charge is 0.0345 e. The van der Waals surface area contributed by atoms with Crippen LogP contribution in [0.5, 0.6) is 0 Å². The molecule has 0 saturated carbocycles. The van der Waals surface area contributed by atoms with Gasteiger partial charge in [0, 0.05) is 4.70 Å². The van der Waals surface area contributed by atoms with Gasteiger partial charge in [-0.2, -0.15) is 0 Å². The van der Waals surface area contributed by atoms with E-state index in [2.05, 4.69) is 36.6 Å². The number of hydrogen-bond donors (Lipinski definition) is 0. The molecule has 0 fully saturated rings. The van der Waals surface area contributed by atoms with Gasteiger partial charge < -0.3 is 0 Å². The monoisotopic (exact) mass is 180 g/mol. The van der Waals surface area contributed by atoms with Crippen molar-refractivity contribution in [3.05, 3.63) is 35.2 Å². The van der Waals surface area contributed by atoms with Gasteiger partial charge in [-0.25, -0.2) is 0 Å². The first-order chi connectivity index (χ1) is 4.88. The summed E-state index contributed by atoms with van der Waals surface area (Å²) in [5.74, 6) is 0. The summed E-state index contributed by atoms with van der Waals surface area (Å²) in [6.07, 6.45) is 0. The molecule has 2 rings (SSSR count). The predicted octanol–water partition coefficient (Wildman–Crippen LogP) is 4.48. The zero-order valence-corrected chi connectivity index (χ0v) is 6.61. The topological polar surface area (TPSA) is 0 Å². The maximum absolute atomic E-state index is 2.20. The second-order valence-corrected chi connectivity index (χ2v) is 3.33. The standard InChI is InChI=1S/C9H8S.2CH4/c1-7-6-10-9-5-3-2-4-8(7)9;;/h2-6H,1H3;2*1H4. The Labute approximate surface area is 78.9 Å². The first kappa shape index (κ1) is 11.2. The molecule has 0 nitrogen and oxygen atoms in total. The first-order valence-corrected chi connectivity index (χ1v) is 4.19. The third-order valence-electron chi connectivity index (χ3n) is 1.67. The molecule has 0 unspecified atom stereocenters. The molecule has 1 aromatic carbocycles. The summed E-state index contributed by atoms with van der Waals surface area (Å²) in [5.41, 5.74) is 1.39. The largest absolute Gasteiger partial charge is 0.144 e. The van der Waals surface area contributed by atoms with E-state index in [0.717, 1.165) is 0 Å². The van der Waals surface area contributed by atoms with Gasteiger partial charge in [-0.3, -0.25) is 0 Å². The van der Waals surface area contributed by atoms with Crippen molar-refractivity contribution >= 4 is 21.4 Å². The van der Waals surface area contributed by atoms with Gasteiger partial charge in [-0.15, -0.1) is 11.3 Å². The molecule has 12 heavy (non-hydrogen) atoms. The Kier molecular flexibility index (Phi) is 3.98. The Hall–Kier alpha value is -0.820. The second-order valence-electron chi connectivity index (χ2n) is 2.41. The van der Waals surface area contributed by atoms with Gasteiger partial charge in [-0.1, -0.05) is 33.1 Å². The fraction of sp³-hybridized carbons (Fsp3) is 0.273. The van der Waals surface area contributed by atoms with E-state index in [1.807, 2.05) is 11.3 Å². The molecule has 0 aliphatic carbocycles. The van der Waals surface area contributed by atoms with Gasteiger partial charge in [0.05, 0.1) is 0 Å². The lowest BCUT2D eigenvalue weighted by Gasteiger charge is -1.86. The SMILES string of the molecule is C.C.Cc1csc2ccccc12. The molecule has 1 heterocycles. The quantitative estimate of drug-likeness (QED) is 0.560. The van der Waals surface area contributed by atoms with Crippen LogP contribution in [0.4, 0.5) is 0 Å². The normalized spacial score (nSPS) is 8.75. The fourth-order valence-electron chi connectivity index (χ4n) is 1.11. The molecule has 0 radical (unpaired) electrons. The van der Waals surface area contributed by atoms with Crippen LogP contribution in [0, 0.1) is 6.92 Å². The van der Waals surface area contributed by atoms with Crippen molar-refractivity contribution in [2.45, 2.75) is 21.8 Å². The summed E-state index contributed by atoms with van der Waals surface area (Å²) >= 11 is 1.81. The minimum atomic E-state index is 0. The third kappa shape index (κ3) is 1.67. The van der Waals surface area contributed by atoms with Crippen molar-refractivity contribution in [2.24, 2.45) is 0 Å². The Balaban J connectivity index is 0.000000605. The lowest BCUT2D eigenvalue weighted by Crippen LogP contribution is -1.63. The summed E-state index contributed by atoms with van der Waals surface area (Å²) in [6, 6.07) is 8.49. The highest BCUT2D eigenvalue weighted by molar-refractivity contribution is 7.17. The van der Waals surface area contributed by atoms with E-state index in [9.17, 15) is 0 Å². The van der Waals surface area contributed by atoms with Crippen molar-refractivity contribution in [2.75, 3.05) is 0 Å². The van der Waals surface area contributed by atoms with Crippen LogP contribution >= 0.6 is 11.3 Å². The van der Waals surface area contributed by atoms with Crippen molar-refractivity contribution in [1.29, 1.82) is 0 Å². The summed E-state index contributed by atoms with van der Waals surface area (Å²) < 4.78 is 1.39. The average molecular weight is 180 g/mol. The first-order valence-electron chi connectivity index (χ1n) is 3.31. The van der Waals surface area contributed by atoms with Gasteiger partial charge in [0.25, 0.3) is 0 Å². The summed E-state index contributed by atoms with van der Waals surface area (Å²) in [6.45, 7) is 2.15. The maximum atomic E-state index is 2.20. The van der Waals surface area contributed by atoms with Crippen molar-refractivity contribution in [1.82, 2.24) is 0 Å². The molecule has 2 aromatic rings. The number of thiophene rings is 1. The summed E-state index contributed by atoms with van der Waals surface area (Å²) in [4.78, 5) is 0. The molecule has 0 N–H and O–H groups in total. The molecule has 0 atom stereocenters. The molecule has 1 heteroatoms. The van der Waals surface area contributed by atoms with Crippen molar-refractivity contribution < 1.29 is 0 Å². The molecule has 0 aliphatic rings. The Morgan fingerprint density at radius 2 is 1.75 bits per heavy atom. The van der Waals surface area contributed by atoms with E-state index in [-0.39, 0.29) is 14.9 Å². The van der Waals surface area contributed by atoms with Gasteiger partial charge in [0.2, 0.25) is 0 Å². The Bertz CT molecular complexity index is 347. The Morgan fingerprint density at radius 1 is 1.08 bits per heavy atom. The van der Waals surface area contributed by atoms with Crippen LogP contribution in [0.3, 0.4) is 0 Å². The number of hydrogen-bond acceptors (Lipinski definition) is 1. The van der Waals surface area contributed by atoms with Gasteiger partial charge >= 0.3 is 0 Å². The van der Waals surface area contributed by atoms with Crippen LogP contribution in [0.25, 0.3) is 10.1 Å². The third-order valence-corrected chi connectivity index (χ3v) is 2.76. The molecule has 0 spiro atoms. The van der Waals surface area contributed by atoms with Crippen LogP contribution in [-0.4, -0.2) is 0 Å². The molecule has 0 amide bonds. The van der Waals surface area contributed by atoms with Gasteiger partial charge in [0.1, 0.15) is 0 Å². The van der Waals surface area contributed by atoms with Crippen LogP contribution in [0.1, 0.15) is 20.4 Å². The molecule has 0 aliphatic heterocycles. The lowest BCUT2D eigenvalue weighted by molar-refractivity contribution is 1.60. The fourth-order valence-corrected chi connectivity index (χ4v) is 2.05. The summed E-state index contributed by atoms with van der Waals surface area (Å²) in [7, 11) is 0. The molecule has 1 aromatic heterocycles. The number of fused-ring (bicyclic) bond motifs is 1. The molecular weight excluding hydrogens is 164 g/mol. The highest BCUT2D eigenvalue weighted by Gasteiger charge is 1.95. The number of benzene rings is 1. The van der Waals surface area contributed by atoms with Crippen LogP contribution < -0.4 is 0 Å². The van der Waals surface area contributed by atoms with Crippen LogP contribution in [0.15, 0.2) is 29.6 Å². The highest BCUT2D eigenvalue weighted by atomic mass is 32.1. The van der Waals surface area contributed by atoms with E-state index >= 15 is 0 Å². The zero-order chi connectivity index (χ0) is 6.97. The average Bonchev–Trinajstić information content (AvgIpc) is 2.34. The maximum Gasteiger partial charge on any atom is 0.0345 e. The summed E-state index contributed by atoms with van der Waals surface area (Å²) in [5, 5.41) is 3.59. The highest BCUT2D eigenvalue weighted by Crippen LogP contribution is 2.24. The van der Waals surface area contributed by atoms with Crippen LogP contribution in [-0.2, 0) is 0 Å². The van der Waals surface area contributed by atoms with Crippen LogP contribution in [0.2, 0.25) is 0 Å². The van der Waals surface area contributed by atoms with E-state index < -0.39 is 0 Å². The molecule has 66 valence electrons. The van der Waals surface area contributed by atoms with E-state index in [1.165, 1.54) is 15.6 Å². The van der Waals surface area contributed by atoms with E-state index in [4.69, 9.17) is 0 Å². The number of aryl methyl sites for hydroxylation is 1. The zero-order valence-electron chi connectivity index (χ0n) is 5.79. The number of rotatable bonds is 0. The molecule has 0 bridgehead atoms. The molecular formula is C11H16S. The minimum Gasteiger partial charge on any atom is -0.144 e. The minimum absolute atomic E-state index is 0. The van der Waals surface area contributed by atoms with Crippen molar-refractivity contribution in [3.8, 4) is 0 Å². The van der Waals surface area contributed by atoms with Gasteiger partial charge in [0.15, 0.2) is 0 Å². The van der Waals surface area contributed by atoms with E-state index in [1.54, 1.807) is 0 Å². The lowest BCUT2D eigenvalue weighted by atomic mass is 10.2. The van der Waals surface area contributed by atoms with E-state index in [0.29, 0.717) is 0 Å². The predicted molar refractivity (Wildman–Crippen MR) is 60.0 cm³/mol. The molecule has 0 saturated heterocycles.